The average Bonchev–Trinajstić information content (AvgIpc) is 3.49. The van der Waals surface area contributed by atoms with Gasteiger partial charge < -0.3 is 18.5 Å². The van der Waals surface area contributed by atoms with E-state index in [1.54, 1.807) is 42.5 Å². The Morgan fingerprint density at radius 1 is 1.10 bits per heavy atom. The summed E-state index contributed by atoms with van der Waals surface area (Å²) in [5, 5.41) is 0. The van der Waals surface area contributed by atoms with Gasteiger partial charge in [-0.15, -0.1) is 0 Å². The van der Waals surface area contributed by atoms with Gasteiger partial charge in [-0.05, 0) is 55.5 Å². The molecule has 0 N–H and O–H groups in total. The topological polar surface area (TPSA) is 93.2 Å². The lowest BCUT2D eigenvalue weighted by atomic mass is 10.2. The fourth-order valence-corrected chi connectivity index (χ4v) is 3.42. The molecule has 30 heavy (non-hydrogen) atoms. The number of carbonyl (C=O) groups excluding carboxylic acids is 3. The van der Waals surface area contributed by atoms with Crippen molar-refractivity contribution in [1.29, 1.82) is 0 Å². The highest BCUT2D eigenvalue weighted by Gasteiger charge is 2.45. The molecule has 1 atom stereocenters. The Bertz CT molecular complexity index is 1020. The van der Waals surface area contributed by atoms with Crippen molar-refractivity contribution in [2.45, 2.75) is 25.9 Å². The van der Waals surface area contributed by atoms with Crippen LogP contribution in [0.3, 0.4) is 0 Å². The van der Waals surface area contributed by atoms with Crippen LogP contribution in [-0.2, 0) is 16.1 Å². The second kappa shape index (κ2) is 8.28. The normalized spacial score (nSPS) is 16.2. The number of furan rings is 2. The van der Waals surface area contributed by atoms with E-state index >= 15 is 0 Å². The van der Waals surface area contributed by atoms with Crippen LogP contribution in [0.5, 0.6) is 5.75 Å². The summed E-state index contributed by atoms with van der Waals surface area (Å²) in [6.07, 6.45) is 2.74. The van der Waals surface area contributed by atoms with E-state index in [9.17, 15) is 14.4 Å². The standard InChI is InChI=1S/C22H20N2O6/c1-2-28-16-9-7-15(8-10-16)24-20(25)13-18(21(24)26)23(14-17-5-3-11-29-17)22(27)19-6-4-12-30-19/h3-12,18H,2,13-14H2,1H3. The van der Waals surface area contributed by atoms with Crippen molar-refractivity contribution < 1.29 is 28.0 Å². The summed E-state index contributed by atoms with van der Waals surface area (Å²) < 4.78 is 16.0. The third-order valence-corrected chi connectivity index (χ3v) is 4.80. The van der Waals surface area contributed by atoms with Crippen LogP contribution in [0.25, 0.3) is 0 Å². The molecular formula is C22H20N2O6. The Morgan fingerprint density at radius 3 is 2.47 bits per heavy atom. The van der Waals surface area contributed by atoms with Gasteiger partial charge in [0.15, 0.2) is 5.76 Å². The number of ether oxygens (including phenoxy) is 1. The van der Waals surface area contributed by atoms with Gasteiger partial charge in [-0.2, -0.15) is 0 Å². The molecule has 3 amide bonds. The van der Waals surface area contributed by atoms with Crippen molar-refractivity contribution in [2.24, 2.45) is 0 Å². The van der Waals surface area contributed by atoms with Gasteiger partial charge in [-0.1, -0.05) is 0 Å². The van der Waals surface area contributed by atoms with Crippen LogP contribution in [0.1, 0.15) is 29.7 Å². The zero-order valence-corrected chi connectivity index (χ0v) is 16.3. The SMILES string of the molecule is CCOc1ccc(N2C(=O)CC(N(Cc3ccco3)C(=O)c3ccco3)C2=O)cc1. The second-order valence-electron chi connectivity index (χ2n) is 6.70. The van der Waals surface area contributed by atoms with E-state index < -0.39 is 17.9 Å². The van der Waals surface area contributed by atoms with E-state index in [0.717, 1.165) is 4.90 Å². The van der Waals surface area contributed by atoms with Crippen molar-refractivity contribution >= 4 is 23.4 Å². The molecule has 3 aromatic rings. The fraction of sp³-hybridized carbons (Fsp3) is 0.227. The minimum atomic E-state index is -0.966. The van der Waals surface area contributed by atoms with Gasteiger partial charge in [-0.25, -0.2) is 4.90 Å². The lowest BCUT2D eigenvalue weighted by Crippen LogP contribution is -2.45. The summed E-state index contributed by atoms with van der Waals surface area (Å²) >= 11 is 0. The number of rotatable bonds is 7. The third kappa shape index (κ3) is 3.71. The summed E-state index contributed by atoms with van der Waals surface area (Å²) in [4.78, 5) is 41.3. The molecule has 4 rings (SSSR count). The van der Waals surface area contributed by atoms with Gasteiger partial charge in [0, 0.05) is 0 Å². The number of nitrogens with zero attached hydrogens (tertiary/aromatic N) is 2. The molecule has 3 heterocycles. The van der Waals surface area contributed by atoms with Crippen molar-refractivity contribution in [3.8, 4) is 5.75 Å². The number of benzene rings is 1. The van der Waals surface area contributed by atoms with Crippen LogP contribution in [0.15, 0.2) is 69.9 Å². The molecule has 8 heteroatoms. The van der Waals surface area contributed by atoms with Gasteiger partial charge >= 0.3 is 0 Å². The number of anilines is 1. The summed E-state index contributed by atoms with van der Waals surface area (Å²) in [5.41, 5.74) is 0.430. The zero-order valence-electron chi connectivity index (χ0n) is 16.3. The molecule has 0 radical (unpaired) electrons. The minimum Gasteiger partial charge on any atom is -0.494 e. The smallest absolute Gasteiger partial charge is 0.290 e. The molecule has 0 aliphatic carbocycles. The summed E-state index contributed by atoms with van der Waals surface area (Å²) in [7, 11) is 0. The summed E-state index contributed by atoms with van der Waals surface area (Å²) in [6, 6.07) is 12.2. The highest BCUT2D eigenvalue weighted by atomic mass is 16.5. The van der Waals surface area contributed by atoms with Crippen LogP contribution < -0.4 is 9.64 Å². The number of amides is 3. The predicted molar refractivity (Wildman–Crippen MR) is 106 cm³/mol. The predicted octanol–water partition coefficient (Wildman–Crippen LogP) is 3.25. The van der Waals surface area contributed by atoms with Crippen molar-refractivity contribution in [3.63, 3.8) is 0 Å². The maximum absolute atomic E-state index is 13.2. The van der Waals surface area contributed by atoms with Gasteiger partial charge in [0.25, 0.3) is 11.8 Å². The van der Waals surface area contributed by atoms with Gasteiger partial charge in [0.05, 0.1) is 37.8 Å². The molecule has 0 spiro atoms. The van der Waals surface area contributed by atoms with Gasteiger partial charge in [0.1, 0.15) is 17.6 Å². The molecule has 2 aromatic heterocycles. The first kappa shape index (κ1) is 19.5. The lowest BCUT2D eigenvalue weighted by molar-refractivity contribution is -0.122. The molecule has 1 aliphatic rings. The molecule has 1 saturated heterocycles. The molecule has 0 saturated carbocycles. The van der Waals surface area contributed by atoms with Crippen molar-refractivity contribution in [2.75, 3.05) is 11.5 Å². The second-order valence-corrected chi connectivity index (χ2v) is 6.70. The molecular weight excluding hydrogens is 388 g/mol. The quantitative estimate of drug-likeness (QED) is 0.557. The highest BCUT2D eigenvalue weighted by Crippen LogP contribution is 2.29. The summed E-state index contributed by atoms with van der Waals surface area (Å²) in [5.74, 6) is -0.127. The monoisotopic (exact) mass is 408 g/mol. The number of carbonyl (C=O) groups is 3. The first-order valence-electron chi connectivity index (χ1n) is 9.55. The molecule has 1 aromatic carbocycles. The Labute approximate surface area is 172 Å². The van der Waals surface area contributed by atoms with E-state index in [-0.39, 0.29) is 24.6 Å². The van der Waals surface area contributed by atoms with Crippen LogP contribution in [0.4, 0.5) is 5.69 Å². The molecule has 0 bridgehead atoms. The lowest BCUT2D eigenvalue weighted by Gasteiger charge is -2.26. The van der Waals surface area contributed by atoms with Crippen LogP contribution in [0.2, 0.25) is 0 Å². The highest BCUT2D eigenvalue weighted by molar-refractivity contribution is 6.23. The molecule has 1 unspecified atom stereocenters. The van der Waals surface area contributed by atoms with Gasteiger partial charge in [0.2, 0.25) is 5.91 Å². The maximum atomic E-state index is 13.2. The van der Waals surface area contributed by atoms with E-state index in [0.29, 0.717) is 23.8 Å². The van der Waals surface area contributed by atoms with Crippen molar-refractivity contribution in [3.05, 3.63) is 72.6 Å². The Balaban J connectivity index is 1.62. The fourth-order valence-electron chi connectivity index (χ4n) is 3.42. The van der Waals surface area contributed by atoms with Crippen LogP contribution in [0, 0.1) is 0 Å². The van der Waals surface area contributed by atoms with E-state index in [1.807, 2.05) is 6.92 Å². The van der Waals surface area contributed by atoms with E-state index in [1.165, 1.54) is 23.5 Å². The van der Waals surface area contributed by atoms with Crippen LogP contribution in [-0.4, -0.2) is 35.3 Å². The summed E-state index contributed by atoms with van der Waals surface area (Å²) in [6.45, 7) is 2.42. The number of hydrogen-bond acceptors (Lipinski definition) is 6. The number of imide groups is 1. The van der Waals surface area contributed by atoms with E-state index in [4.69, 9.17) is 13.6 Å². The van der Waals surface area contributed by atoms with Crippen LogP contribution >= 0.6 is 0 Å². The zero-order chi connectivity index (χ0) is 21.1. The molecule has 1 fully saturated rings. The van der Waals surface area contributed by atoms with Gasteiger partial charge in [-0.3, -0.25) is 14.4 Å². The third-order valence-electron chi connectivity index (χ3n) is 4.80. The number of hydrogen-bond donors (Lipinski definition) is 0. The maximum Gasteiger partial charge on any atom is 0.290 e. The Kier molecular flexibility index (Phi) is 5.38. The average molecular weight is 408 g/mol. The molecule has 154 valence electrons. The largest absolute Gasteiger partial charge is 0.494 e. The van der Waals surface area contributed by atoms with Crippen molar-refractivity contribution in [1.82, 2.24) is 4.90 Å². The Hall–Kier alpha value is -3.81. The molecule has 8 nitrogen and oxygen atoms in total. The minimum absolute atomic E-state index is 0.0351. The molecule has 1 aliphatic heterocycles. The first-order chi connectivity index (χ1) is 14.6. The first-order valence-corrected chi connectivity index (χ1v) is 9.55. The Morgan fingerprint density at radius 2 is 1.83 bits per heavy atom. The van der Waals surface area contributed by atoms with E-state index in [2.05, 4.69) is 0 Å².